The normalized spacial score (nSPS) is 9.81. The number of nitriles is 1. The summed E-state index contributed by atoms with van der Waals surface area (Å²) in [6.07, 6.45) is 0.802. The van der Waals surface area contributed by atoms with Crippen LogP contribution in [0.3, 0.4) is 0 Å². The van der Waals surface area contributed by atoms with Gasteiger partial charge in [-0.2, -0.15) is 5.26 Å². The monoisotopic (exact) mass is 236 g/mol. The van der Waals surface area contributed by atoms with Crippen LogP contribution < -0.4 is 10.5 Å². The van der Waals surface area contributed by atoms with Crippen molar-refractivity contribution < 1.29 is 4.74 Å². The number of thioether (sulfide) groups is 1. The Morgan fingerprint density at radius 3 is 2.94 bits per heavy atom. The smallest absolute Gasteiger partial charge is 0.138 e. The maximum atomic E-state index is 9.11. The van der Waals surface area contributed by atoms with E-state index in [0.29, 0.717) is 24.5 Å². The van der Waals surface area contributed by atoms with Gasteiger partial charge in [0.25, 0.3) is 0 Å². The number of nitrogens with two attached hydrogens (primary N) is 1. The summed E-state index contributed by atoms with van der Waals surface area (Å²) < 4.78 is 5.54. The van der Waals surface area contributed by atoms with Gasteiger partial charge < -0.3 is 10.5 Å². The molecule has 0 atom stereocenters. The van der Waals surface area contributed by atoms with Gasteiger partial charge in [-0.05, 0) is 30.9 Å². The van der Waals surface area contributed by atoms with Gasteiger partial charge in [0.15, 0.2) is 0 Å². The molecule has 16 heavy (non-hydrogen) atoms. The van der Waals surface area contributed by atoms with Crippen molar-refractivity contribution in [3.05, 3.63) is 23.8 Å². The minimum Gasteiger partial charge on any atom is -0.492 e. The second-order valence-corrected chi connectivity index (χ2v) is 4.47. The molecule has 0 spiro atoms. The third-order valence-corrected chi connectivity index (χ3v) is 2.95. The molecule has 0 unspecified atom stereocenters. The van der Waals surface area contributed by atoms with E-state index in [-0.39, 0.29) is 0 Å². The van der Waals surface area contributed by atoms with Crippen LogP contribution in [0.25, 0.3) is 0 Å². The molecule has 0 saturated carbocycles. The molecular formula is C12H16N2OS. The summed E-state index contributed by atoms with van der Waals surface area (Å²) >= 11 is 1.65. The lowest BCUT2D eigenvalue weighted by molar-refractivity contribution is 0.312. The highest BCUT2D eigenvalue weighted by atomic mass is 32.2. The molecule has 0 aromatic heterocycles. The van der Waals surface area contributed by atoms with Crippen LogP contribution in [0.4, 0.5) is 0 Å². The van der Waals surface area contributed by atoms with E-state index in [9.17, 15) is 0 Å². The molecule has 1 rings (SSSR count). The molecule has 0 saturated heterocycles. The first-order chi connectivity index (χ1) is 7.83. The second kappa shape index (κ2) is 7.15. The zero-order valence-corrected chi connectivity index (χ0v) is 10.2. The molecule has 1 aromatic rings. The van der Waals surface area contributed by atoms with Gasteiger partial charge in [-0.15, -0.1) is 11.8 Å². The molecule has 0 aliphatic rings. The van der Waals surface area contributed by atoms with Crippen molar-refractivity contribution in [2.75, 3.05) is 18.9 Å². The first-order valence-electron chi connectivity index (χ1n) is 5.32. The van der Waals surface area contributed by atoms with Crippen LogP contribution in [0.2, 0.25) is 0 Å². The van der Waals surface area contributed by atoms with Crippen molar-refractivity contribution in [1.29, 1.82) is 5.26 Å². The van der Waals surface area contributed by atoms with Crippen LogP contribution in [0.5, 0.6) is 5.75 Å². The van der Waals surface area contributed by atoms with Crippen molar-refractivity contribution in [2.45, 2.75) is 18.2 Å². The molecule has 0 aliphatic heterocycles. The van der Waals surface area contributed by atoms with Gasteiger partial charge in [0.2, 0.25) is 0 Å². The quantitative estimate of drug-likeness (QED) is 0.608. The molecular weight excluding hydrogens is 220 g/mol. The minimum absolute atomic E-state index is 0.561. The number of rotatable bonds is 6. The Labute approximate surface area is 101 Å². The van der Waals surface area contributed by atoms with Crippen molar-refractivity contribution in [1.82, 2.24) is 0 Å². The number of hydrogen-bond donors (Lipinski definition) is 1. The van der Waals surface area contributed by atoms with Crippen LogP contribution in [-0.4, -0.2) is 18.9 Å². The number of nitrogens with zero attached hydrogens (tertiary/aromatic N) is 1. The minimum atomic E-state index is 0.561. The first kappa shape index (κ1) is 12.9. The highest BCUT2D eigenvalue weighted by Gasteiger charge is 2.08. The van der Waals surface area contributed by atoms with Gasteiger partial charge in [-0.25, -0.2) is 0 Å². The van der Waals surface area contributed by atoms with Gasteiger partial charge in [0.1, 0.15) is 17.4 Å². The third-order valence-electron chi connectivity index (χ3n) is 2.01. The summed E-state index contributed by atoms with van der Waals surface area (Å²) in [5.41, 5.74) is 6.02. The van der Waals surface area contributed by atoms with Crippen LogP contribution in [0.15, 0.2) is 23.1 Å². The SMILES string of the molecule is CCSc1cccc(OCCCN)c1C#N. The standard InChI is InChI=1S/C12H16N2OS/c1-2-16-12-6-3-5-11(10(12)9-14)15-8-4-7-13/h3,5-6H,2,4,7-8,13H2,1H3. The predicted octanol–water partition coefficient (Wildman–Crippen LogP) is 2.40. The molecule has 0 amide bonds. The highest BCUT2D eigenvalue weighted by Crippen LogP contribution is 2.29. The van der Waals surface area contributed by atoms with Crippen molar-refractivity contribution in [3.8, 4) is 11.8 Å². The predicted molar refractivity (Wildman–Crippen MR) is 66.7 cm³/mol. The fraction of sp³-hybridized carbons (Fsp3) is 0.417. The Balaban J connectivity index is 2.83. The van der Waals surface area contributed by atoms with Gasteiger partial charge in [0.05, 0.1) is 6.61 Å². The van der Waals surface area contributed by atoms with Crippen LogP contribution in [-0.2, 0) is 0 Å². The number of hydrogen-bond acceptors (Lipinski definition) is 4. The Morgan fingerprint density at radius 2 is 2.31 bits per heavy atom. The zero-order valence-electron chi connectivity index (χ0n) is 9.40. The van der Waals surface area contributed by atoms with Gasteiger partial charge in [-0.3, -0.25) is 0 Å². The van der Waals surface area contributed by atoms with E-state index in [4.69, 9.17) is 15.7 Å². The van der Waals surface area contributed by atoms with Gasteiger partial charge >= 0.3 is 0 Å². The lowest BCUT2D eigenvalue weighted by Crippen LogP contribution is -2.07. The van der Waals surface area contributed by atoms with E-state index < -0.39 is 0 Å². The Hall–Kier alpha value is -1.18. The highest BCUT2D eigenvalue weighted by molar-refractivity contribution is 7.99. The number of benzene rings is 1. The van der Waals surface area contributed by atoms with Crippen molar-refractivity contribution in [2.24, 2.45) is 5.73 Å². The Morgan fingerprint density at radius 1 is 1.50 bits per heavy atom. The summed E-state index contributed by atoms with van der Waals surface area (Å²) in [4.78, 5) is 0.982. The van der Waals surface area contributed by atoms with Crippen LogP contribution >= 0.6 is 11.8 Å². The molecule has 86 valence electrons. The fourth-order valence-corrected chi connectivity index (χ4v) is 2.06. The van der Waals surface area contributed by atoms with E-state index in [1.165, 1.54) is 0 Å². The Bertz CT molecular complexity index is 374. The maximum absolute atomic E-state index is 9.11. The summed E-state index contributed by atoms with van der Waals surface area (Å²) in [7, 11) is 0. The lowest BCUT2D eigenvalue weighted by atomic mass is 10.2. The van der Waals surface area contributed by atoms with Crippen molar-refractivity contribution >= 4 is 11.8 Å². The lowest BCUT2D eigenvalue weighted by Gasteiger charge is -2.09. The van der Waals surface area contributed by atoms with Crippen LogP contribution in [0.1, 0.15) is 18.9 Å². The molecule has 4 heteroatoms. The largest absolute Gasteiger partial charge is 0.492 e. The molecule has 2 N–H and O–H groups in total. The molecule has 0 fully saturated rings. The van der Waals surface area contributed by atoms with Crippen molar-refractivity contribution in [3.63, 3.8) is 0 Å². The average Bonchev–Trinajstić information content (AvgIpc) is 2.30. The van der Waals surface area contributed by atoms with Gasteiger partial charge in [0, 0.05) is 4.90 Å². The summed E-state index contributed by atoms with van der Waals surface area (Å²) in [5.74, 6) is 1.61. The third kappa shape index (κ3) is 3.44. The van der Waals surface area contributed by atoms with E-state index in [1.54, 1.807) is 11.8 Å². The van der Waals surface area contributed by atoms with E-state index in [1.807, 2.05) is 18.2 Å². The summed E-state index contributed by atoms with van der Waals surface area (Å²) in [5, 5.41) is 9.11. The summed E-state index contributed by atoms with van der Waals surface area (Å²) in [6, 6.07) is 7.89. The van der Waals surface area contributed by atoms with Gasteiger partial charge in [-0.1, -0.05) is 13.0 Å². The molecule has 0 radical (unpaired) electrons. The average molecular weight is 236 g/mol. The maximum Gasteiger partial charge on any atom is 0.138 e. The molecule has 3 nitrogen and oxygen atoms in total. The number of ether oxygens (including phenoxy) is 1. The molecule has 0 aliphatic carbocycles. The summed E-state index contributed by atoms with van der Waals surface area (Å²) in [6.45, 7) is 3.23. The topological polar surface area (TPSA) is 59.0 Å². The fourth-order valence-electron chi connectivity index (χ4n) is 1.28. The molecule has 0 heterocycles. The Kier molecular flexibility index (Phi) is 5.76. The van der Waals surface area contributed by atoms with E-state index in [0.717, 1.165) is 17.1 Å². The first-order valence-corrected chi connectivity index (χ1v) is 6.30. The van der Waals surface area contributed by atoms with Crippen LogP contribution in [0, 0.1) is 11.3 Å². The molecule has 0 bridgehead atoms. The zero-order chi connectivity index (χ0) is 11.8. The van der Waals surface area contributed by atoms with E-state index in [2.05, 4.69) is 13.0 Å². The van der Waals surface area contributed by atoms with E-state index >= 15 is 0 Å². The molecule has 1 aromatic carbocycles. The second-order valence-electron chi connectivity index (χ2n) is 3.16.